The number of hydrogen-bond acceptors (Lipinski definition) is 2. The first-order chi connectivity index (χ1) is 10.1. The predicted molar refractivity (Wildman–Crippen MR) is 84.9 cm³/mol. The number of hydrogen-bond donors (Lipinski definition) is 2. The van der Waals surface area contributed by atoms with Crippen LogP contribution in [0.15, 0.2) is 30.3 Å². The van der Waals surface area contributed by atoms with E-state index in [9.17, 15) is 4.79 Å². The lowest BCUT2D eigenvalue weighted by Gasteiger charge is -2.40. The number of benzene rings is 1. The van der Waals surface area contributed by atoms with Crippen LogP contribution >= 0.6 is 0 Å². The first-order valence-corrected chi connectivity index (χ1v) is 8.18. The van der Waals surface area contributed by atoms with Crippen molar-refractivity contribution in [3.8, 4) is 0 Å². The molecular formula is C18H26N2O. The van der Waals surface area contributed by atoms with Gasteiger partial charge in [0.25, 0.3) is 0 Å². The van der Waals surface area contributed by atoms with Gasteiger partial charge in [-0.3, -0.25) is 4.79 Å². The van der Waals surface area contributed by atoms with E-state index in [1.807, 2.05) is 18.2 Å². The van der Waals surface area contributed by atoms with E-state index in [1.54, 1.807) is 0 Å². The molecule has 0 bridgehead atoms. The Hall–Kier alpha value is -1.35. The molecule has 114 valence electrons. The van der Waals surface area contributed by atoms with Crippen LogP contribution in [0.1, 0.15) is 51.0 Å². The van der Waals surface area contributed by atoms with E-state index in [1.165, 1.54) is 0 Å². The summed E-state index contributed by atoms with van der Waals surface area (Å²) >= 11 is 0. The molecule has 3 rings (SSSR count). The van der Waals surface area contributed by atoms with Crippen LogP contribution in [0, 0.1) is 5.92 Å². The fourth-order valence-electron chi connectivity index (χ4n) is 3.58. The van der Waals surface area contributed by atoms with E-state index < -0.39 is 0 Å². The molecule has 2 aliphatic rings. The zero-order valence-corrected chi connectivity index (χ0v) is 12.9. The van der Waals surface area contributed by atoms with Crippen molar-refractivity contribution in [2.45, 2.75) is 56.4 Å². The highest BCUT2D eigenvalue weighted by atomic mass is 16.2. The predicted octanol–water partition coefficient (Wildman–Crippen LogP) is 2.74. The Balaban J connectivity index is 1.74. The van der Waals surface area contributed by atoms with Crippen LogP contribution in [0.25, 0.3) is 0 Å². The third-order valence-electron chi connectivity index (χ3n) is 5.51. The highest BCUT2D eigenvalue weighted by Crippen LogP contribution is 2.49. The van der Waals surface area contributed by atoms with Gasteiger partial charge in [-0.2, -0.15) is 0 Å². The normalized spacial score (nSPS) is 30.7. The van der Waals surface area contributed by atoms with Crippen LogP contribution in [0.5, 0.6) is 0 Å². The summed E-state index contributed by atoms with van der Waals surface area (Å²) < 4.78 is 0. The fourth-order valence-corrected chi connectivity index (χ4v) is 3.58. The molecule has 0 aromatic heterocycles. The second-order valence-corrected chi connectivity index (χ2v) is 7.07. The highest BCUT2D eigenvalue weighted by molar-refractivity contribution is 5.91. The quantitative estimate of drug-likeness (QED) is 0.894. The summed E-state index contributed by atoms with van der Waals surface area (Å²) in [6.45, 7) is 2.84. The average Bonchev–Trinajstić information content (AvgIpc) is 3.33. The van der Waals surface area contributed by atoms with Crippen molar-refractivity contribution in [2.24, 2.45) is 11.7 Å². The zero-order valence-electron chi connectivity index (χ0n) is 12.9. The van der Waals surface area contributed by atoms with Crippen molar-refractivity contribution in [3.63, 3.8) is 0 Å². The van der Waals surface area contributed by atoms with Crippen LogP contribution in [0.3, 0.4) is 0 Å². The van der Waals surface area contributed by atoms with Gasteiger partial charge in [-0.1, -0.05) is 37.3 Å². The average molecular weight is 286 g/mol. The Morgan fingerprint density at radius 1 is 1.19 bits per heavy atom. The summed E-state index contributed by atoms with van der Waals surface area (Å²) in [7, 11) is 0. The first kappa shape index (κ1) is 14.6. The minimum atomic E-state index is -0.285. The standard InChI is InChI=1S/C18H26N2O/c1-14-7-9-17(13-19,10-8-14)20-16(21)18(11-12-18)15-5-3-2-4-6-15/h2-6,14H,7-13,19H2,1H3,(H,20,21). The van der Waals surface area contributed by atoms with Crippen LogP contribution in [0.2, 0.25) is 0 Å². The van der Waals surface area contributed by atoms with E-state index in [-0.39, 0.29) is 16.9 Å². The second kappa shape index (κ2) is 5.45. The molecule has 0 unspecified atom stereocenters. The zero-order chi connectivity index (χ0) is 14.9. The molecule has 2 saturated carbocycles. The van der Waals surface area contributed by atoms with Crippen molar-refractivity contribution in [2.75, 3.05) is 6.54 Å². The first-order valence-electron chi connectivity index (χ1n) is 8.18. The van der Waals surface area contributed by atoms with Crippen molar-refractivity contribution < 1.29 is 4.79 Å². The summed E-state index contributed by atoms with van der Waals surface area (Å²) in [5, 5.41) is 3.34. The molecule has 3 N–H and O–H groups in total. The van der Waals surface area contributed by atoms with Crippen molar-refractivity contribution in [1.82, 2.24) is 5.32 Å². The summed E-state index contributed by atoms with van der Waals surface area (Å²) in [6.07, 6.45) is 6.27. The van der Waals surface area contributed by atoms with E-state index in [4.69, 9.17) is 5.73 Å². The number of nitrogens with two attached hydrogens (primary N) is 1. The lowest BCUT2D eigenvalue weighted by atomic mass is 9.76. The number of rotatable bonds is 4. The van der Waals surface area contributed by atoms with Gasteiger partial charge in [0.15, 0.2) is 0 Å². The van der Waals surface area contributed by atoms with Crippen LogP contribution in [-0.2, 0) is 10.2 Å². The Morgan fingerprint density at radius 3 is 2.33 bits per heavy atom. The molecule has 1 amide bonds. The molecule has 0 aliphatic heterocycles. The van der Waals surface area contributed by atoms with Crippen molar-refractivity contribution in [3.05, 3.63) is 35.9 Å². The van der Waals surface area contributed by atoms with E-state index >= 15 is 0 Å². The molecule has 0 spiro atoms. The molecule has 1 aromatic carbocycles. The molecule has 2 aliphatic carbocycles. The van der Waals surface area contributed by atoms with Gasteiger partial charge in [-0.25, -0.2) is 0 Å². The monoisotopic (exact) mass is 286 g/mol. The number of nitrogens with one attached hydrogen (secondary N) is 1. The molecule has 0 atom stereocenters. The summed E-state index contributed by atoms with van der Waals surface area (Å²) in [4.78, 5) is 12.9. The second-order valence-electron chi connectivity index (χ2n) is 7.07. The lowest BCUT2D eigenvalue weighted by molar-refractivity contribution is -0.126. The van der Waals surface area contributed by atoms with E-state index in [0.29, 0.717) is 6.54 Å². The van der Waals surface area contributed by atoms with E-state index in [2.05, 4.69) is 24.4 Å². The number of carbonyl (C=O) groups is 1. The molecule has 0 radical (unpaired) electrons. The fraction of sp³-hybridized carbons (Fsp3) is 0.611. The molecular weight excluding hydrogens is 260 g/mol. The minimum Gasteiger partial charge on any atom is -0.349 e. The van der Waals surface area contributed by atoms with Crippen molar-refractivity contribution >= 4 is 5.91 Å². The topological polar surface area (TPSA) is 55.1 Å². The highest BCUT2D eigenvalue weighted by Gasteiger charge is 2.52. The largest absolute Gasteiger partial charge is 0.349 e. The van der Waals surface area contributed by atoms with Crippen LogP contribution in [-0.4, -0.2) is 18.0 Å². The lowest BCUT2D eigenvalue weighted by Crippen LogP contribution is -2.57. The Labute approximate surface area is 127 Å². The Morgan fingerprint density at radius 2 is 1.81 bits per heavy atom. The summed E-state index contributed by atoms with van der Waals surface area (Å²) in [5.74, 6) is 0.944. The smallest absolute Gasteiger partial charge is 0.231 e. The van der Waals surface area contributed by atoms with Gasteiger partial charge in [-0.05, 0) is 50.0 Å². The van der Waals surface area contributed by atoms with Gasteiger partial charge in [0.05, 0.1) is 11.0 Å². The van der Waals surface area contributed by atoms with Crippen molar-refractivity contribution in [1.29, 1.82) is 0 Å². The van der Waals surface area contributed by atoms with Gasteiger partial charge in [-0.15, -0.1) is 0 Å². The molecule has 0 saturated heterocycles. The van der Waals surface area contributed by atoms with Gasteiger partial charge in [0.1, 0.15) is 0 Å². The maximum Gasteiger partial charge on any atom is 0.231 e. The summed E-state index contributed by atoms with van der Waals surface area (Å²) in [6, 6.07) is 10.2. The molecule has 3 nitrogen and oxygen atoms in total. The van der Waals surface area contributed by atoms with Crippen LogP contribution in [0.4, 0.5) is 0 Å². The third-order valence-corrected chi connectivity index (χ3v) is 5.51. The van der Waals surface area contributed by atoms with Gasteiger partial charge in [0, 0.05) is 6.54 Å². The number of amides is 1. The van der Waals surface area contributed by atoms with Gasteiger partial charge >= 0.3 is 0 Å². The maximum atomic E-state index is 12.9. The van der Waals surface area contributed by atoms with Gasteiger partial charge < -0.3 is 11.1 Å². The molecule has 3 heteroatoms. The summed E-state index contributed by atoms with van der Waals surface area (Å²) in [5.41, 5.74) is 6.71. The third kappa shape index (κ3) is 2.71. The maximum absolute atomic E-state index is 12.9. The Bertz CT molecular complexity index is 499. The molecule has 1 aromatic rings. The molecule has 0 heterocycles. The van der Waals surface area contributed by atoms with Crippen LogP contribution < -0.4 is 11.1 Å². The minimum absolute atomic E-state index is 0.173. The molecule has 21 heavy (non-hydrogen) atoms. The SMILES string of the molecule is CC1CCC(CN)(NC(=O)C2(c3ccccc3)CC2)CC1. The van der Waals surface area contributed by atoms with Gasteiger partial charge in [0.2, 0.25) is 5.91 Å². The number of carbonyl (C=O) groups excluding carboxylic acids is 1. The molecule has 2 fully saturated rings. The van der Waals surface area contributed by atoms with E-state index in [0.717, 1.165) is 50.0 Å². The Kier molecular flexibility index (Phi) is 3.78.